The van der Waals surface area contributed by atoms with Crippen LogP contribution >= 0.6 is 11.3 Å². The number of hydrogen-bond acceptors (Lipinski definition) is 5. The van der Waals surface area contributed by atoms with Crippen molar-refractivity contribution in [3.05, 3.63) is 45.1 Å². The maximum Gasteiger partial charge on any atom is 0.341 e. The van der Waals surface area contributed by atoms with Crippen molar-refractivity contribution in [2.45, 2.75) is 32.1 Å². The number of nitrogens with one attached hydrogen (secondary N) is 1. The Hall–Kier alpha value is -2.67. The smallest absolute Gasteiger partial charge is 0.341 e. The minimum absolute atomic E-state index is 0.0874. The van der Waals surface area contributed by atoms with Crippen molar-refractivity contribution in [3.63, 3.8) is 0 Å². The summed E-state index contributed by atoms with van der Waals surface area (Å²) in [6, 6.07) is 6.87. The molecule has 1 aliphatic rings. The largest absolute Gasteiger partial charge is 0.482 e. The van der Waals surface area contributed by atoms with Crippen molar-refractivity contribution in [2.75, 3.05) is 6.61 Å². The molecule has 4 rings (SSSR count). The first-order valence-corrected chi connectivity index (χ1v) is 9.43. The van der Waals surface area contributed by atoms with Crippen LogP contribution in [0.15, 0.2) is 29.1 Å². The van der Waals surface area contributed by atoms with Gasteiger partial charge in [-0.1, -0.05) is 6.42 Å². The minimum atomic E-state index is -1.03. The fourth-order valence-electron chi connectivity index (χ4n) is 3.33. The van der Waals surface area contributed by atoms with Gasteiger partial charge in [0.15, 0.2) is 6.61 Å². The van der Waals surface area contributed by atoms with Crippen LogP contribution in [-0.4, -0.2) is 27.7 Å². The molecule has 2 aromatic heterocycles. The van der Waals surface area contributed by atoms with Crippen LogP contribution in [0.1, 0.15) is 29.7 Å². The molecular formula is C19H18N2O4S. The van der Waals surface area contributed by atoms with Crippen molar-refractivity contribution in [3.8, 4) is 17.1 Å². The van der Waals surface area contributed by atoms with E-state index in [0.29, 0.717) is 11.6 Å². The van der Waals surface area contributed by atoms with E-state index in [9.17, 15) is 9.59 Å². The number of carboxylic acid groups (broad SMARTS) is 1. The van der Waals surface area contributed by atoms with Crippen LogP contribution in [0, 0.1) is 0 Å². The standard InChI is InChI=1S/C19H18N2O4S/c22-15(23)10-25-12-8-6-11(7-9-12)17-20-18(24)16-13-4-2-1-3-5-14(13)26-19(16)21-17/h6-9H,1-5,10H2,(H,22,23)(H,20,21,24). The Morgan fingerprint density at radius 3 is 2.73 bits per heavy atom. The molecule has 6 nitrogen and oxygen atoms in total. The van der Waals surface area contributed by atoms with Gasteiger partial charge in [0, 0.05) is 10.4 Å². The lowest BCUT2D eigenvalue weighted by molar-refractivity contribution is -0.139. The van der Waals surface area contributed by atoms with Crippen LogP contribution in [-0.2, 0) is 17.6 Å². The summed E-state index contributed by atoms with van der Waals surface area (Å²) in [4.78, 5) is 32.9. The second-order valence-electron chi connectivity index (χ2n) is 6.37. The Morgan fingerprint density at radius 2 is 1.96 bits per heavy atom. The summed E-state index contributed by atoms with van der Waals surface area (Å²) in [6.45, 7) is -0.388. The maximum absolute atomic E-state index is 12.7. The molecule has 2 heterocycles. The first-order valence-electron chi connectivity index (χ1n) is 8.61. The molecule has 0 aliphatic heterocycles. The van der Waals surface area contributed by atoms with E-state index >= 15 is 0 Å². The molecule has 0 radical (unpaired) electrons. The number of aromatic amines is 1. The lowest BCUT2D eigenvalue weighted by Gasteiger charge is -2.05. The molecule has 7 heteroatoms. The molecule has 0 saturated carbocycles. The van der Waals surface area contributed by atoms with Crippen LogP contribution in [0.2, 0.25) is 0 Å². The molecule has 0 spiro atoms. The summed E-state index contributed by atoms with van der Waals surface area (Å²) in [5, 5.41) is 9.40. The second-order valence-corrected chi connectivity index (χ2v) is 7.45. The van der Waals surface area contributed by atoms with Crippen molar-refractivity contribution < 1.29 is 14.6 Å². The molecule has 1 aromatic carbocycles. The average Bonchev–Trinajstić information content (AvgIpc) is 2.82. The number of thiophene rings is 1. The van der Waals surface area contributed by atoms with Gasteiger partial charge in [-0.05, 0) is 55.5 Å². The number of aliphatic carboxylic acids is 1. The second kappa shape index (κ2) is 6.92. The molecule has 0 bridgehead atoms. The van der Waals surface area contributed by atoms with Gasteiger partial charge in [0.2, 0.25) is 0 Å². The van der Waals surface area contributed by atoms with E-state index in [2.05, 4.69) is 9.97 Å². The molecule has 3 aromatic rings. The highest BCUT2D eigenvalue weighted by Gasteiger charge is 2.19. The lowest BCUT2D eigenvalue weighted by atomic mass is 10.1. The Labute approximate surface area is 153 Å². The number of aryl methyl sites for hydroxylation is 2. The minimum Gasteiger partial charge on any atom is -0.482 e. The van der Waals surface area contributed by atoms with Crippen LogP contribution in [0.5, 0.6) is 5.75 Å². The zero-order valence-corrected chi connectivity index (χ0v) is 14.9. The topological polar surface area (TPSA) is 92.3 Å². The Bertz CT molecular complexity index is 1020. The third-order valence-electron chi connectivity index (χ3n) is 4.57. The first kappa shape index (κ1) is 16.8. The maximum atomic E-state index is 12.7. The number of benzene rings is 1. The summed E-state index contributed by atoms with van der Waals surface area (Å²) in [7, 11) is 0. The number of H-pyrrole nitrogens is 1. The monoisotopic (exact) mass is 370 g/mol. The zero-order chi connectivity index (χ0) is 18.1. The van der Waals surface area contributed by atoms with E-state index in [1.54, 1.807) is 35.6 Å². The fraction of sp³-hybridized carbons (Fsp3) is 0.316. The Kier molecular flexibility index (Phi) is 4.46. The number of carbonyl (C=O) groups is 1. The van der Waals surface area contributed by atoms with Crippen molar-refractivity contribution in [1.29, 1.82) is 0 Å². The quantitative estimate of drug-likeness (QED) is 0.687. The fourth-order valence-corrected chi connectivity index (χ4v) is 4.59. The Morgan fingerprint density at radius 1 is 1.19 bits per heavy atom. The highest BCUT2D eigenvalue weighted by atomic mass is 32.1. The molecule has 0 saturated heterocycles. The predicted octanol–water partition coefficient (Wildman–Crippen LogP) is 3.38. The molecule has 0 atom stereocenters. The van der Waals surface area contributed by atoms with Gasteiger partial charge in [-0.3, -0.25) is 4.79 Å². The van der Waals surface area contributed by atoms with E-state index in [-0.39, 0.29) is 12.2 Å². The van der Waals surface area contributed by atoms with Gasteiger partial charge < -0.3 is 14.8 Å². The van der Waals surface area contributed by atoms with Gasteiger partial charge in [0.1, 0.15) is 16.4 Å². The highest BCUT2D eigenvalue weighted by Crippen LogP contribution is 2.33. The molecule has 0 unspecified atom stereocenters. The van der Waals surface area contributed by atoms with Crippen molar-refractivity contribution in [1.82, 2.24) is 9.97 Å². The number of hydrogen-bond donors (Lipinski definition) is 2. The molecule has 2 N–H and O–H groups in total. The van der Waals surface area contributed by atoms with E-state index in [1.807, 2.05) is 0 Å². The van der Waals surface area contributed by atoms with Crippen LogP contribution < -0.4 is 10.3 Å². The van der Waals surface area contributed by atoms with Gasteiger partial charge in [-0.2, -0.15) is 0 Å². The molecular weight excluding hydrogens is 352 g/mol. The third kappa shape index (κ3) is 3.22. The molecule has 0 fully saturated rings. The lowest BCUT2D eigenvalue weighted by Crippen LogP contribution is -2.10. The summed E-state index contributed by atoms with van der Waals surface area (Å²) < 4.78 is 5.13. The molecule has 1 aliphatic carbocycles. The third-order valence-corrected chi connectivity index (χ3v) is 5.75. The number of ether oxygens (including phenoxy) is 1. The molecule has 26 heavy (non-hydrogen) atoms. The van der Waals surface area contributed by atoms with Crippen molar-refractivity contribution >= 4 is 27.5 Å². The SMILES string of the molecule is O=C(O)COc1ccc(-c2nc3sc4c(c3c(=O)[nH]2)CCCCC4)cc1. The number of rotatable bonds is 4. The van der Waals surface area contributed by atoms with Crippen LogP contribution in [0.25, 0.3) is 21.6 Å². The Balaban J connectivity index is 1.69. The van der Waals surface area contributed by atoms with Gasteiger partial charge in [0.05, 0.1) is 5.39 Å². The first-order chi connectivity index (χ1) is 12.6. The summed E-state index contributed by atoms with van der Waals surface area (Å²) in [5.41, 5.74) is 1.85. The summed E-state index contributed by atoms with van der Waals surface area (Å²) in [6.07, 6.45) is 5.48. The number of aromatic nitrogens is 2. The zero-order valence-electron chi connectivity index (χ0n) is 14.1. The summed E-state index contributed by atoms with van der Waals surface area (Å²) >= 11 is 1.63. The summed E-state index contributed by atoms with van der Waals surface area (Å²) in [5.74, 6) is -0.0471. The van der Waals surface area contributed by atoms with Gasteiger partial charge in [0.25, 0.3) is 5.56 Å². The van der Waals surface area contributed by atoms with Gasteiger partial charge >= 0.3 is 5.97 Å². The number of carboxylic acids is 1. The van der Waals surface area contributed by atoms with E-state index in [1.165, 1.54) is 23.3 Å². The number of fused-ring (bicyclic) bond motifs is 3. The van der Waals surface area contributed by atoms with Gasteiger partial charge in [-0.25, -0.2) is 9.78 Å². The van der Waals surface area contributed by atoms with Crippen molar-refractivity contribution in [2.24, 2.45) is 0 Å². The van der Waals surface area contributed by atoms with E-state index < -0.39 is 5.97 Å². The number of nitrogens with zero attached hydrogens (tertiary/aromatic N) is 1. The average molecular weight is 370 g/mol. The van der Waals surface area contributed by atoms with Crippen LogP contribution in [0.3, 0.4) is 0 Å². The predicted molar refractivity (Wildman–Crippen MR) is 100 cm³/mol. The van der Waals surface area contributed by atoms with Gasteiger partial charge in [-0.15, -0.1) is 11.3 Å². The van der Waals surface area contributed by atoms with E-state index in [0.717, 1.165) is 35.0 Å². The highest BCUT2D eigenvalue weighted by molar-refractivity contribution is 7.18. The van der Waals surface area contributed by atoms with Crippen LogP contribution in [0.4, 0.5) is 0 Å². The molecule has 134 valence electrons. The normalized spacial score (nSPS) is 14.0. The molecule has 0 amide bonds. The van der Waals surface area contributed by atoms with E-state index in [4.69, 9.17) is 9.84 Å².